The van der Waals surface area contributed by atoms with Crippen LogP contribution in [-0.2, 0) is 19.6 Å². The van der Waals surface area contributed by atoms with Crippen molar-refractivity contribution in [2.45, 2.75) is 10.9 Å². The van der Waals surface area contributed by atoms with E-state index < -0.39 is 10.0 Å². The summed E-state index contributed by atoms with van der Waals surface area (Å²) in [4.78, 5) is 13.8. The zero-order valence-corrected chi connectivity index (χ0v) is 19.0. The first kappa shape index (κ1) is 22.5. The maximum Gasteiger partial charge on any atom is 0.258 e. The number of nitrogens with zero attached hydrogens (tertiary/aromatic N) is 1. The summed E-state index contributed by atoms with van der Waals surface area (Å²) in [5.74, 6) is 0.158. The third kappa shape index (κ3) is 5.36. The number of rotatable bonds is 8. The maximum atomic E-state index is 12.7. The highest BCUT2D eigenvalue weighted by Crippen LogP contribution is 2.26. The molecule has 168 valence electrons. The summed E-state index contributed by atoms with van der Waals surface area (Å²) in [6, 6.07) is 19.5. The molecule has 0 spiro atoms. The van der Waals surface area contributed by atoms with Crippen LogP contribution in [0, 0.1) is 0 Å². The molecule has 1 fully saturated rings. The van der Waals surface area contributed by atoms with Gasteiger partial charge in [0.2, 0.25) is 10.0 Å². The molecule has 1 N–H and O–H groups in total. The van der Waals surface area contributed by atoms with Crippen molar-refractivity contribution in [1.82, 2.24) is 9.62 Å². The van der Waals surface area contributed by atoms with E-state index in [1.807, 2.05) is 47.8 Å². The summed E-state index contributed by atoms with van der Waals surface area (Å²) in [6.07, 6.45) is 0. The summed E-state index contributed by atoms with van der Waals surface area (Å²) in [6.45, 7) is 1.29. The summed E-state index contributed by atoms with van der Waals surface area (Å²) < 4.78 is 37.6. The highest BCUT2D eigenvalue weighted by molar-refractivity contribution is 7.89. The molecule has 32 heavy (non-hydrogen) atoms. The minimum absolute atomic E-state index is 0.176. The molecule has 2 heterocycles. The van der Waals surface area contributed by atoms with Crippen molar-refractivity contribution in [3.63, 3.8) is 0 Å². The van der Waals surface area contributed by atoms with Gasteiger partial charge in [-0.3, -0.25) is 4.79 Å². The second kappa shape index (κ2) is 10.3. The van der Waals surface area contributed by atoms with Gasteiger partial charge in [0.15, 0.2) is 6.61 Å². The van der Waals surface area contributed by atoms with E-state index in [0.29, 0.717) is 32.1 Å². The molecule has 9 heteroatoms. The molecule has 1 aromatic heterocycles. The first-order chi connectivity index (χ1) is 15.5. The van der Waals surface area contributed by atoms with Crippen LogP contribution in [0.4, 0.5) is 0 Å². The van der Waals surface area contributed by atoms with E-state index in [1.54, 1.807) is 23.5 Å². The molecule has 0 aliphatic carbocycles. The van der Waals surface area contributed by atoms with Gasteiger partial charge in [-0.1, -0.05) is 36.4 Å². The molecule has 4 rings (SSSR count). The largest absolute Gasteiger partial charge is 0.484 e. The predicted molar refractivity (Wildman–Crippen MR) is 122 cm³/mol. The summed E-state index contributed by atoms with van der Waals surface area (Å²) in [7, 11) is -3.56. The number of benzene rings is 2. The second-order valence-corrected chi connectivity index (χ2v) is 10.1. The molecule has 1 amide bonds. The first-order valence-electron chi connectivity index (χ1n) is 10.2. The van der Waals surface area contributed by atoms with E-state index in [2.05, 4.69) is 5.32 Å². The van der Waals surface area contributed by atoms with Crippen molar-refractivity contribution in [3.8, 4) is 5.75 Å². The lowest BCUT2D eigenvalue weighted by Crippen LogP contribution is -2.40. The van der Waals surface area contributed by atoms with Gasteiger partial charge in [0.25, 0.3) is 5.91 Å². The van der Waals surface area contributed by atoms with Gasteiger partial charge in [-0.25, -0.2) is 8.42 Å². The van der Waals surface area contributed by atoms with Crippen molar-refractivity contribution in [3.05, 3.63) is 82.6 Å². The number of carbonyl (C=O) groups excluding carboxylic acids is 1. The number of morpholine rings is 1. The van der Waals surface area contributed by atoms with E-state index in [-0.39, 0.29) is 23.5 Å². The Kier molecular flexibility index (Phi) is 7.21. The van der Waals surface area contributed by atoms with Crippen LogP contribution in [0.15, 0.2) is 77.0 Å². The monoisotopic (exact) mass is 472 g/mol. The lowest BCUT2D eigenvalue weighted by atomic mass is 10.1. The molecule has 2 aromatic carbocycles. The van der Waals surface area contributed by atoms with Gasteiger partial charge in [-0.15, -0.1) is 11.3 Å². The fraction of sp³-hybridized carbons (Fsp3) is 0.261. The molecule has 7 nitrogen and oxygen atoms in total. The summed E-state index contributed by atoms with van der Waals surface area (Å²) in [5, 5.41) is 4.99. The molecular formula is C23H24N2O5S2. The van der Waals surface area contributed by atoms with Gasteiger partial charge in [-0.05, 0) is 41.3 Å². The number of amides is 1. The van der Waals surface area contributed by atoms with Crippen molar-refractivity contribution < 1.29 is 22.7 Å². The minimum Gasteiger partial charge on any atom is -0.484 e. The fourth-order valence-corrected chi connectivity index (χ4v) is 5.63. The normalized spacial score (nSPS) is 15.8. The maximum absolute atomic E-state index is 12.7. The number of hydrogen-bond donors (Lipinski definition) is 1. The predicted octanol–water partition coefficient (Wildman–Crippen LogP) is 3.05. The number of nitrogens with one attached hydrogen (secondary N) is 1. The molecule has 1 aliphatic rings. The fourth-order valence-electron chi connectivity index (χ4n) is 3.42. The van der Waals surface area contributed by atoms with Crippen LogP contribution in [0.25, 0.3) is 0 Å². The minimum atomic E-state index is -3.56. The van der Waals surface area contributed by atoms with Gasteiger partial charge in [-0.2, -0.15) is 4.31 Å². The number of ether oxygens (including phenoxy) is 2. The molecule has 0 bridgehead atoms. The molecule has 3 aromatic rings. The van der Waals surface area contributed by atoms with Crippen molar-refractivity contribution in [1.29, 1.82) is 0 Å². The highest BCUT2D eigenvalue weighted by Gasteiger charge is 2.26. The highest BCUT2D eigenvalue weighted by atomic mass is 32.2. The first-order valence-corrected chi connectivity index (χ1v) is 12.5. The summed E-state index contributed by atoms with van der Waals surface area (Å²) in [5.41, 5.74) is 0.987. The Morgan fingerprint density at radius 3 is 2.41 bits per heavy atom. The molecule has 0 radical (unpaired) electrons. The Balaban J connectivity index is 1.37. The molecule has 1 atom stereocenters. The zero-order chi connectivity index (χ0) is 22.4. The van der Waals surface area contributed by atoms with E-state index in [9.17, 15) is 13.2 Å². The van der Waals surface area contributed by atoms with Crippen LogP contribution in [0.3, 0.4) is 0 Å². The van der Waals surface area contributed by atoms with Crippen LogP contribution in [-0.4, -0.2) is 51.5 Å². The Labute approximate surface area is 191 Å². The Morgan fingerprint density at radius 1 is 1.03 bits per heavy atom. The summed E-state index contributed by atoms with van der Waals surface area (Å²) >= 11 is 1.57. The van der Waals surface area contributed by atoms with Crippen LogP contribution in [0.5, 0.6) is 5.75 Å². The van der Waals surface area contributed by atoms with Gasteiger partial charge in [0, 0.05) is 18.0 Å². The number of sulfonamides is 1. The zero-order valence-electron chi connectivity index (χ0n) is 17.3. The van der Waals surface area contributed by atoms with Crippen molar-refractivity contribution in [2.24, 2.45) is 0 Å². The molecule has 0 saturated carbocycles. The quantitative estimate of drug-likeness (QED) is 0.545. The second-order valence-electron chi connectivity index (χ2n) is 7.20. The number of thiophene rings is 1. The average Bonchev–Trinajstić information content (AvgIpc) is 3.37. The smallest absolute Gasteiger partial charge is 0.258 e. The third-order valence-corrected chi connectivity index (χ3v) is 7.92. The third-order valence-electron chi connectivity index (χ3n) is 5.07. The van der Waals surface area contributed by atoms with E-state index in [4.69, 9.17) is 9.47 Å². The molecular weight excluding hydrogens is 448 g/mol. The lowest BCUT2D eigenvalue weighted by Gasteiger charge is -2.26. The standard InChI is InChI=1S/C23H24N2O5S2/c26-22(24-23(21-7-4-16-31-21)18-5-2-1-3-6-18)17-30-19-8-10-20(11-9-19)32(27,28)25-12-14-29-15-13-25/h1-11,16,23H,12-15,17H2,(H,24,26)/t23-/m0/s1. The molecule has 1 aliphatic heterocycles. The molecule has 1 saturated heterocycles. The van der Waals surface area contributed by atoms with Gasteiger partial charge >= 0.3 is 0 Å². The lowest BCUT2D eigenvalue weighted by molar-refractivity contribution is -0.123. The van der Waals surface area contributed by atoms with Gasteiger partial charge < -0.3 is 14.8 Å². The number of carbonyl (C=O) groups is 1. The van der Waals surface area contributed by atoms with Gasteiger partial charge in [0.1, 0.15) is 5.75 Å². The van der Waals surface area contributed by atoms with Gasteiger partial charge in [0.05, 0.1) is 24.2 Å². The number of hydrogen-bond acceptors (Lipinski definition) is 6. The Bertz CT molecular complexity index is 1110. The van der Waals surface area contributed by atoms with E-state index in [1.165, 1.54) is 16.4 Å². The van der Waals surface area contributed by atoms with Crippen molar-refractivity contribution >= 4 is 27.3 Å². The van der Waals surface area contributed by atoms with Crippen LogP contribution >= 0.6 is 11.3 Å². The average molecular weight is 473 g/mol. The Hall–Kier alpha value is -2.72. The van der Waals surface area contributed by atoms with Crippen molar-refractivity contribution in [2.75, 3.05) is 32.9 Å². The van der Waals surface area contributed by atoms with E-state index in [0.717, 1.165) is 10.4 Å². The Morgan fingerprint density at radius 2 is 1.75 bits per heavy atom. The van der Waals surface area contributed by atoms with Crippen LogP contribution < -0.4 is 10.1 Å². The molecule has 0 unspecified atom stereocenters. The van der Waals surface area contributed by atoms with Crippen LogP contribution in [0.2, 0.25) is 0 Å². The van der Waals surface area contributed by atoms with E-state index >= 15 is 0 Å². The SMILES string of the molecule is O=C(COc1ccc(S(=O)(=O)N2CCOCC2)cc1)N[C@@H](c1ccccc1)c1cccs1. The topological polar surface area (TPSA) is 84.9 Å². The van der Waals surface area contributed by atoms with Crippen LogP contribution in [0.1, 0.15) is 16.5 Å².